The Morgan fingerprint density at radius 2 is 1.47 bits per heavy atom. The number of allylic oxidation sites excluding steroid dienone is 6. The molecule has 2 aliphatic rings. The van der Waals surface area contributed by atoms with Crippen LogP contribution in [0.2, 0.25) is 0 Å². The van der Waals surface area contributed by atoms with Gasteiger partial charge in [-0.05, 0) is 0 Å². The first-order valence-electron chi connectivity index (χ1n) is 18.2. The summed E-state index contributed by atoms with van der Waals surface area (Å²) in [5.41, 5.74) is 3.64. The predicted molar refractivity (Wildman–Crippen MR) is 217 cm³/mol. The topological polar surface area (TPSA) is 174 Å². The third kappa shape index (κ3) is 13.4. The number of halogens is 1. The van der Waals surface area contributed by atoms with E-state index in [2.05, 4.69) is 9.47 Å². The Bertz CT molecular complexity index is 2190. The molecule has 0 fully saturated rings. The number of fused-ring (bicyclic) bond motifs is 2. The van der Waals surface area contributed by atoms with Gasteiger partial charge in [-0.15, -0.1) is 0 Å². The minimum atomic E-state index is -4.61. The second kappa shape index (κ2) is 22.4. The molecule has 1 aliphatic heterocycles. The first kappa shape index (κ1) is 45.9. The number of rotatable bonds is 23. The number of hydrogen-bond acceptors (Lipinski definition) is 12. The summed E-state index contributed by atoms with van der Waals surface area (Å²) in [7, 11) is -5.73. The molecule has 2 aromatic carbocycles. The van der Waals surface area contributed by atoms with Crippen molar-refractivity contribution in [2.45, 2.75) is 35.6 Å². The molecule has 2 heterocycles. The van der Waals surface area contributed by atoms with Gasteiger partial charge >= 0.3 is 354 Å². The molecule has 0 radical (unpaired) electrons. The summed E-state index contributed by atoms with van der Waals surface area (Å²) in [6.07, 6.45) is 10.5. The molecule has 1 N–H and O–H groups in total. The van der Waals surface area contributed by atoms with Crippen molar-refractivity contribution in [3.8, 4) is 0 Å². The van der Waals surface area contributed by atoms with Gasteiger partial charge in [0.15, 0.2) is 0 Å². The van der Waals surface area contributed by atoms with Crippen molar-refractivity contribution >= 4 is 87.3 Å². The van der Waals surface area contributed by atoms with E-state index >= 15 is 0 Å². The van der Waals surface area contributed by atoms with E-state index in [9.17, 15) is 25.9 Å². The number of anilines is 1. The summed E-state index contributed by atoms with van der Waals surface area (Å²) in [6.45, 7) is 5.56. The quantitative estimate of drug-likeness (QED) is 0.0637. The molecular formula is C38H47ClN2O12S2Se2. The number of hydrogen-bond donors (Lipinski definition) is 1. The molecule has 1 aliphatic carbocycles. The van der Waals surface area contributed by atoms with Gasteiger partial charge in [-0.25, -0.2) is 0 Å². The van der Waals surface area contributed by atoms with Crippen LogP contribution in [0.1, 0.15) is 23.8 Å². The monoisotopic (exact) mass is 982 g/mol. The molecule has 0 unspecified atom stereocenters. The van der Waals surface area contributed by atoms with E-state index in [1.807, 2.05) is 24.3 Å². The van der Waals surface area contributed by atoms with Crippen molar-refractivity contribution < 1.29 is 58.9 Å². The first-order chi connectivity index (χ1) is 27.4. The Morgan fingerprint density at radius 3 is 2.14 bits per heavy atom. The maximum absolute atomic E-state index is 11.9. The standard InChI is InChI=1S/C38H47ClN2O12S2Se2/c1-48-18-20-52-24-22-50-16-14-40-32-10-8-30(54(42,43)44)26-34(32)56-36(40)12-6-28-4-3-5-29(38(28)39)7-13-37-41(15-17-51-23-25-53-21-19-49-2)33-11-9-31(55(45,46)47)27-35(33)57-37/h6-13,26-27H,3-5,14-25H2,1-2H3,(H-,42,43,44,45,46,47). The van der Waals surface area contributed by atoms with E-state index in [4.69, 9.17) is 40.0 Å². The number of benzene rings is 2. The zero-order valence-corrected chi connectivity index (χ0v) is 37.5. The van der Waals surface area contributed by atoms with Crippen LogP contribution in [0.3, 0.4) is 0 Å². The van der Waals surface area contributed by atoms with Crippen molar-refractivity contribution in [1.29, 1.82) is 0 Å². The molecule has 3 aromatic rings. The number of nitrogens with zero attached hydrogens (tertiary/aromatic N) is 2. The molecule has 0 saturated heterocycles. The van der Waals surface area contributed by atoms with Gasteiger partial charge in [-0.1, -0.05) is 0 Å². The summed E-state index contributed by atoms with van der Waals surface area (Å²) in [6, 6.07) is 9.15. The fraction of sp³-hybridized carbons (Fsp3) is 0.447. The van der Waals surface area contributed by atoms with E-state index in [0.29, 0.717) is 84.2 Å². The van der Waals surface area contributed by atoms with Crippen molar-refractivity contribution in [1.82, 2.24) is 0 Å². The Morgan fingerprint density at radius 1 is 0.825 bits per heavy atom. The van der Waals surface area contributed by atoms with Crippen molar-refractivity contribution in [2.75, 3.05) is 91.7 Å². The van der Waals surface area contributed by atoms with Gasteiger partial charge in [-0.2, -0.15) is 0 Å². The number of aromatic nitrogens is 1. The molecule has 0 saturated carbocycles. The van der Waals surface area contributed by atoms with Crippen LogP contribution in [0.4, 0.5) is 5.69 Å². The van der Waals surface area contributed by atoms with Crippen LogP contribution in [0.5, 0.6) is 0 Å². The molecule has 14 nitrogen and oxygen atoms in total. The summed E-state index contributed by atoms with van der Waals surface area (Å²) in [5.74, 6) is 0. The Balaban J connectivity index is 1.35. The van der Waals surface area contributed by atoms with Crippen LogP contribution in [-0.4, -0.2) is 142 Å². The van der Waals surface area contributed by atoms with E-state index < -0.39 is 20.2 Å². The van der Waals surface area contributed by atoms with Crippen LogP contribution in [0.25, 0.3) is 15.9 Å². The molecule has 19 heteroatoms. The summed E-state index contributed by atoms with van der Waals surface area (Å²) < 4.78 is 107. The Hall–Kier alpha value is -2.22. The molecule has 0 atom stereocenters. The molecule has 0 spiro atoms. The van der Waals surface area contributed by atoms with Gasteiger partial charge in [0.2, 0.25) is 0 Å². The zero-order chi connectivity index (χ0) is 40.8. The summed E-state index contributed by atoms with van der Waals surface area (Å²) in [4.78, 5) is 1.70. The second-order valence-corrected chi connectivity index (χ2v) is 20.3. The summed E-state index contributed by atoms with van der Waals surface area (Å²) in [5, 5.41) is 0.654. The van der Waals surface area contributed by atoms with Gasteiger partial charge in [0.05, 0.1) is 0 Å². The van der Waals surface area contributed by atoms with E-state index in [1.165, 1.54) is 24.3 Å². The minimum absolute atomic E-state index is 0.142. The van der Waals surface area contributed by atoms with Crippen LogP contribution in [-0.2, 0) is 55.2 Å². The average Bonchev–Trinajstić information content (AvgIpc) is 3.71. The van der Waals surface area contributed by atoms with Crippen molar-refractivity contribution in [3.05, 3.63) is 80.0 Å². The summed E-state index contributed by atoms with van der Waals surface area (Å²) >= 11 is 6.54. The van der Waals surface area contributed by atoms with Crippen molar-refractivity contribution in [3.63, 3.8) is 0 Å². The van der Waals surface area contributed by atoms with E-state index in [1.54, 1.807) is 26.4 Å². The fourth-order valence-corrected chi connectivity index (χ4v) is 12.4. The fourth-order valence-electron chi connectivity index (χ4n) is 5.99. The van der Waals surface area contributed by atoms with Gasteiger partial charge in [0.1, 0.15) is 0 Å². The normalized spacial score (nSPS) is 16.6. The first-order valence-corrected chi connectivity index (χ1v) is 24.8. The number of ether oxygens (including phenoxy) is 6. The maximum atomic E-state index is 11.9. The van der Waals surface area contributed by atoms with Crippen LogP contribution < -0.4 is 13.9 Å². The molecule has 1 aromatic heterocycles. The second-order valence-electron chi connectivity index (χ2n) is 12.7. The SMILES string of the molecule is COCCOCCOCCN1/C(=C/C=C2\CCCC(/C=C/c3[se]c4cc(S(=O)(=O)O)ccc4[n+]3CCOCCOCCOC)=C2Cl)[Se]c2cc(S(=O)(=O)[O-])ccc21. The van der Waals surface area contributed by atoms with Gasteiger partial charge in [0, 0.05) is 0 Å². The Kier molecular flexibility index (Phi) is 18.0. The molecule has 5 rings (SSSR count). The Labute approximate surface area is 351 Å². The van der Waals surface area contributed by atoms with Crippen LogP contribution in [0, 0.1) is 0 Å². The van der Waals surface area contributed by atoms with Crippen LogP contribution >= 0.6 is 11.6 Å². The number of methoxy groups -OCH3 is 2. The molecule has 0 bridgehead atoms. The predicted octanol–water partition coefficient (Wildman–Crippen LogP) is 3.00. The van der Waals surface area contributed by atoms with E-state index in [-0.39, 0.29) is 39.3 Å². The third-order valence-corrected chi connectivity index (χ3v) is 15.7. The molecule has 312 valence electrons. The van der Waals surface area contributed by atoms with Gasteiger partial charge < -0.3 is 0 Å². The average molecular weight is 981 g/mol. The third-order valence-electron chi connectivity index (χ3n) is 8.83. The molecular weight excluding hydrogens is 934 g/mol. The molecule has 57 heavy (non-hydrogen) atoms. The van der Waals surface area contributed by atoms with Crippen molar-refractivity contribution in [2.24, 2.45) is 0 Å². The van der Waals surface area contributed by atoms with Crippen LogP contribution in [0.15, 0.2) is 85.2 Å². The van der Waals surface area contributed by atoms with Gasteiger partial charge in [-0.3, -0.25) is 0 Å². The van der Waals surface area contributed by atoms with E-state index in [0.717, 1.165) is 59.5 Å². The zero-order valence-electron chi connectivity index (χ0n) is 31.7. The molecule has 0 amide bonds. The van der Waals surface area contributed by atoms with Gasteiger partial charge in [0.25, 0.3) is 0 Å².